The van der Waals surface area contributed by atoms with Gasteiger partial charge in [0.2, 0.25) is 5.88 Å². The number of pyridine rings is 1. The number of morpholine rings is 1. The molecule has 9 nitrogen and oxygen atoms in total. The summed E-state index contributed by atoms with van der Waals surface area (Å²) >= 11 is 0. The number of methoxy groups -OCH3 is 1. The van der Waals surface area contributed by atoms with Gasteiger partial charge in [-0.2, -0.15) is 5.26 Å². The number of anilines is 2. The fraction of sp³-hybridized carbons (Fsp3) is 0.192. The van der Waals surface area contributed by atoms with Crippen LogP contribution in [0.1, 0.15) is 15.9 Å². The third-order valence-corrected chi connectivity index (χ3v) is 5.80. The molecule has 174 valence electrons. The second-order valence-electron chi connectivity index (χ2n) is 7.96. The van der Waals surface area contributed by atoms with Crippen molar-refractivity contribution in [1.29, 1.82) is 5.26 Å². The average molecular weight is 467 g/mol. The summed E-state index contributed by atoms with van der Waals surface area (Å²) in [6.07, 6.45) is 3.16. The van der Waals surface area contributed by atoms with Crippen molar-refractivity contribution in [3.05, 3.63) is 72.2 Å². The van der Waals surface area contributed by atoms with Crippen molar-refractivity contribution in [3.8, 4) is 23.1 Å². The maximum absolute atomic E-state index is 12.9. The van der Waals surface area contributed by atoms with E-state index in [2.05, 4.69) is 26.3 Å². The predicted molar refractivity (Wildman–Crippen MR) is 130 cm³/mol. The van der Waals surface area contributed by atoms with Gasteiger partial charge in [-0.05, 0) is 42.0 Å². The van der Waals surface area contributed by atoms with Crippen molar-refractivity contribution in [1.82, 2.24) is 19.9 Å². The van der Waals surface area contributed by atoms with E-state index in [4.69, 9.17) is 9.47 Å². The molecule has 1 saturated heterocycles. The number of nitrogens with zero attached hydrogens (tertiary/aromatic N) is 5. The molecule has 0 bridgehead atoms. The van der Waals surface area contributed by atoms with Crippen LogP contribution in [0.4, 0.5) is 11.5 Å². The van der Waals surface area contributed by atoms with E-state index in [0.29, 0.717) is 43.2 Å². The number of rotatable bonds is 5. The normalized spacial score (nSPS) is 13.3. The molecule has 1 aliphatic rings. The number of fused-ring (bicyclic) bond motifs is 1. The van der Waals surface area contributed by atoms with Gasteiger partial charge in [0, 0.05) is 41.5 Å². The summed E-state index contributed by atoms with van der Waals surface area (Å²) in [6, 6.07) is 17.0. The zero-order chi connectivity index (χ0) is 24.2. The standard InChI is InChI=1S/C26H22N6O3/c1-34-25-19(14-27)11-20(15-28-25)17-5-6-23-22(13-17)24(30-16-29-23)31-21-4-2-3-18(12-21)26(33)32-7-9-35-10-8-32/h2-6,11-13,15-16H,7-10H2,1H3,(H,29,30,31). The minimum Gasteiger partial charge on any atom is -0.480 e. The Hall–Kier alpha value is -4.55. The van der Waals surface area contributed by atoms with Crippen molar-refractivity contribution in [2.24, 2.45) is 0 Å². The first-order valence-corrected chi connectivity index (χ1v) is 11.1. The van der Waals surface area contributed by atoms with Crippen molar-refractivity contribution in [3.63, 3.8) is 0 Å². The van der Waals surface area contributed by atoms with E-state index in [1.54, 1.807) is 17.2 Å². The Morgan fingerprint density at radius 1 is 1.09 bits per heavy atom. The molecule has 0 saturated carbocycles. The molecule has 0 atom stereocenters. The smallest absolute Gasteiger partial charge is 0.254 e. The molecular formula is C26H22N6O3. The summed E-state index contributed by atoms with van der Waals surface area (Å²) in [7, 11) is 1.48. The van der Waals surface area contributed by atoms with Crippen LogP contribution in [0.5, 0.6) is 5.88 Å². The quantitative estimate of drug-likeness (QED) is 0.473. The predicted octanol–water partition coefficient (Wildman–Crippen LogP) is 3.79. The van der Waals surface area contributed by atoms with Crippen LogP contribution in [0, 0.1) is 11.3 Å². The lowest BCUT2D eigenvalue weighted by Crippen LogP contribution is -2.40. The van der Waals surface area contributed by atoms with Gasteiger partial charge in [0.25, 0.3) is 5.91 Å². The van der Waals surface area contributed by atoms with E-state index in [1.165, 1.54) is 13.4 Å². The SMILES string of the molecule is COc1ncc(-c2ccc3ncnc(Nc4cccc(C(=O)N5CCOCC5)c4)c3c2)cc1C#N. The molecule has 9 heteroatoms. The van der Waals surface area contributed by atoms with Gasteiger partial charge in [-0.3, -0.25) is 4.79 Å². The van der Waals surface area contributed by atoms with Gasteiger partial charge < -0.3 is 19.7 Å². The van der Waals surface area contributed by atoms with E-state index >= 15 is 0 Å². The maximum Gasteiger partial charge on any atom is 0.254 e. The molecule has 5 rings (SSSR count). The lowest BCUT2D eigenvalue weighted by atomic mass is 10.0. The molecule has 1 N–H and O–H groups in total. The van der Waals surface area contributed by atoms with Crippen molar-refractivity contribution in [2.75, 3.05) is 38.7 Å². The minimum atomic E-state index is -0.0212. The molecule has 1 fully saturated rings. The van der Waals surface area contributed by atoms with Crippen molar-refractivity contribution < 1.29 is 14.3 Å². The van der Waals surface area contributed by atoms with Gasteiger partial charge >= 0.3 is 0 Å². The molecule has 35 heavy (non-hydrogen) atoms. The highest BCUT2D eigenvalue weighted by atomic mass is 16.5. The number of amides is 1. The topological polar surface area (TPSA) is 113 Å². The van der Waals surface area contributed by atoms with E-state index in [0.717, 1.165) is 27.7 Å². The van der Waals surface area contributed by atoms with Gasteiger partial charge in [0.15, 0.2) is 0 Å². The summed E-state index contributed by atoms with van der Waals surface area (Å²) in [5, 5.41) is 13.5. The molecule has 1 aliphatic heterocycles. The summed E-state index contributed by atoms with van der Waals surface area (Å²) < 4.78 is 10.5. The fourth-order valence-electron chi connectivity index (χ4n) is 4.00. The Bertz CT molecular complexity index is 1440. The first-order valence-electron chi connectivity index (χ1n) is 11.1. The van der Waals surface area contributed by atoms with Crippen LogP contribution >= 0.6 is 0 Å². The number of carbonyl (C=O) groups excluding carboxylic acids is 1. The number of hydrogen-bond acceptors (Lipinski definition) is 8. The second-order valence-corrected chi connectivity index (χ2v) is 7.96. The Labute approximate surface area is 202 Å². The van der Waals surface area contributed by atoms with Crippen LogP contribution in [0.3, 0.4) is 0 Å². The Balaban J connectivity index is 1.47. The third kappa shape index (κ3) is 4.60. The number of nitriles is 1. The highest BCUT2D eigenvalue weighted by Crippen LogP contribution is 2.30. The van der Waals surface area contributed by atoms with Crippen molar-refractivity contribution in [2.45, 2.75) is 0 Å². The Morgan fingerprint density at radius 2 is 1.94 bits per heavy atom. The third-order valence-electron chi connectivity index (χ3n) is 5.80. The first-order chi connectivity index (χ1) is 17.2. The highest BCUT2D eigenvalue weighted by Gasteiger charge is 2.19. The Morgan fingerprint density at radius 3 is 2.74 bits per heavy atom. The largest absolute Gasteiger partial charge is 0.480 e. The van der Waals surface area contributed by atoms with E-state index < -0.39 is 0 Å². The lowest BCUT2D eigenvalue weighted by molar-refractivity contribution is 0.0303. The molecular weight excluding hydrogens is 444 g/mol. The molecule has 4 aromatic rings. The minimum absolute atomic E-state index is 0.0212. The van der Waals surface area contributed by atoms with E-state index in [9.17, 15) is 10.1 Å². The monoisotopic (exact) mass is 466 g/mol. The van der Waals surface area contributed by atoms with E-state index in [-0.39, 0.29) is 11.8 Å². The zero-order valence-electron chi connectivity index (χ0n) is 19.1. The summed E-state index contributed by atoms with van der Waals surface area (Å²) in [4.78, 5) is 27.8. The Kier molecular flexibility index (Phi) is 6.20. The van der Waals surface area contributed by atoms with Crippen LogP contribution < -0.4 is 10.1 Å². The van der Waals surface area contributed by atoms with Gasteiger partial charge in [-0.1, -0.05) is 12.1 Å². The molecule has 2 aromatic heterocycles. The lowest BCUT2D eigenvalue weighted by Gasteiger charge is -2.27. The van der Waals surface area contributed by atoms with E-state index in [1.807, 2.05) is 42.5 Å². The van der Waals surface area contributed by atoms with Gasteiger partial charge in [-0.25, -0.2) is 15.0 Å². The molecule has 1 amide bonds. The maximum atomic E-state index is 12.9. The van der Waals surface area contributed by atoms with Gasteiger partial charge in [0.1, 0.15) is 23.8 Å². The van der Waals surface area contributed by atoms with Gasteiger partial charge in [0.05, 0.1) is 25.8 Å². The molecule has 2 aromatic carbocycles. The highest BCUT2D eigenvalue weighted by molar-refractivity contribution is 5.97. The zero-order valence-corrected chi connectivity index (χ0v) is 19.1. The fourth-order valence-corrected chi connectivity index (χ4v) is 4.00. The molecule has 3 heterocycles. The number of nitrogens with one attached hydrogen (secondary N) is 1. The molecule has 0 unspecified atom stereocenters. The summed E-state index contributed by atoms with van der Waals surface area (Å²) in [6.45, 7) is 2.28. The molecule has 0 spiro atoms. The van der Waals surface area contributed by atoms with Crippen LogP contribution in [-0.4, -0.2) is 59.2 Å². The molecule has 0 radical (unpaired) electrons. The molecule has 0 aliphatic carbocycles. The number of hydrogen-bond donors (Lipinski definition) is 1. The van der Waals surface area contributed by atoms with Crippen molar-refractivity contribution >= 4 is 28.3 Å². The number of carbonyl (C=O) groups is 1. The number of ether oxygens (including phenoxy) is 2. The van der Waals surface area contributed by atoms with Crippen LogP contribution in [0.25, 0.3) is 22.0 Å². The van der Waals surface area contributed by atoms with Crippen LogP contribution in [-0.2, 0) is 4.74 Å². The average Bonchev–Trinajstić information content (AvgIpc) is 2.93. The first kappa shape index (κ1) is 22.3. The van der Waals surface area contributed by atoms with Gasteiger partial charge in [-0.15, -0.1) is 0 Å². The number of benzene rings is 2. The van der Waals surface area contributed by atoms with Crippen LogP contribution in [0.15, 0.2) is 61.1 Å². The summed E-state index contributed by atoms with van der Waals surface area (Å²) in [5.74, 6) is 0.871. The second kappa shape index (κ2) is 9.75. The number of aromatic nitrogens is 3. The van der Waals surface area contributed by atoms with Crippen LogP contribution in [0.2, 0.25) is 0 Å². The summed E-state index contributed by atoms with van der Waals surface area (Å²) in [5.41, 5.74) is 4.09.